The highest BCUT2D eigenvalue weighted by Crippen LogP contribution is 2.32. The lowest BCUT2D eigenvalue weighted by molar-refractivity contribution is 0.326. The van der Waals surface area contributed by atoms with Crippen molar-refractivity contribution in [3.05, 3.63) is 29.3 Å². The van der Waals surface area contributed by atoms with Crippen LogP contribution in [-0.4, -0.2) is 20.2 Å². The molecule has 0 amide bonds. The summed E-state index contributed by atoms with van der Waals surface area (Å²) in [6, 6.07) is 6.52. The van der Waals surface area contributed by atoms with E-state index >= 15 is 0 Å². The number of piperidine rings is 1. The van der Waals surface area contributed by atoms with Gasteiger partial charge in [0, 0.05) is 6.04 Å². The van der Waals surface area contributed by atoms with Gasteiger partial charge in [-0.3, -0.25) is 0 Å². The molecule has 0 bridgehead atoms. The molecule has 0 saturated carbocycles. The lowest BCUT2D eigenvalue weighted by atomic mass is 9.86. The molecule has 0 spiro atoms. The van der Waals surface area contributed by atoms with E-state index in [1.165, 1.54) is 24.0 Å². The van der Waals surface area contributed by atoms with Gasteiger partial charge in [-0.1, -0.05) is 26.0 Å². The fourth-order valence-corrected chi connectivity index (χ4v) is 2.87. The molecule has 1 aromatic carbocycles. The summed E-state index contributed by atoms with van der Waals surface area (Å²) in [5.41, 5.74) is 8.93. The van der Waals surface area contributed by atoms with Gasteiger partial charge in [0.2, 0.25) is 0 Å². The Morgan fingerprint density at radius 1 is 1.37 bits per heavy atom. The first-order chi connectivity index (χ1) is 9.13. The van der Waals surface area contributed by atoms with E-state index in [4.69, 9.17) is 10.5 Å². The Bertz CT molecular complexity index is 411. The summed E-state index contributed by atoms with van der Waals surface area (Å²) in [7, 11) is 1.73. The Morgan fingerprint density at radius 3 is 2.74 bits per heavy atom. The Kier molecular flexibility index (Phi) is 4.83. The molecule has 1 saturated heterocycles. The first-order valence-corrected chi connectivity index (χ1v) is 7.27. The summed E-state index contributed by atoms with van der Waals surface area (Å²) in [6.45, 7) is 6.54. The van der Waals surface area contributed by atoms with E-state index < -0.39 is 0 Å². The van der Waals surface area contributed by atoms with Crippen LogP contribution in [0, 0.1) is 5.92 Å². The van der Waals surface area contributed by atoms with E-state index in [1.807, 2.05) is 0 Å². The summed E-state index contributed by atoms with van der Waals surface area (Å²) in [5, 5.41) is 3.44. The first kappa shape index (κ1) is 14.4. The maximum Gasteiger partial charge on any atom is 0.122 e. The zero-order chi connectivity index (χ0) is 13.8. The smallest absolute Gasteiger partial charge is 0.122 e. The fraction of sp³-hybridized carbons (Fsp3) is 0.625. The maximum atomic E-state index is 6.45. The van der Waals surface area contributed by atoms with Gasteiger partial charge in [-0.15, -0.1) is 0 Å². The molecule has 2 rings (SSSR count). The highest BCUT2D eigenvalue weighted by Gasteiger charge is 2.22. The zero-order valence-electron chi connectivity index (χ0n) is 12.3. The lowest BCUT2D eigenvalue weighted by Crippen LogP contribution is -2.36. The third-order valence-corrected chi connectivity index (χ3v) is 4.10. The Morgan fingerprint density at radius 2 is 2.16 bits per heavy atom. The average molecular weight is 262 g/mol. The van der Waals surface area contributed by atoms with Gasteiger partial charge in [-0.25, -0.2) is 0 Å². The second-order valence-electron chi connectivity index (χ2n) is 5.79. The highest BCUT2D eigenvalue weighted by atomic mass is 16.5. The topological polar surface area (TPSA) is 47.3 Å². The summed E-state index contributed by atoms with van der Waals surface area (Å²) < 4.78 is 5.43. The third-order valence-electron chi connectivity index (χ3n) is 4.10. The molecule has 1 fully saturated rings. The molecule has 106 valence electrons. The largest absolute Gasteiger partial charge is 0.496 e. The van der Waals surface area contributed by atoms with Crippen LogP contribution < -0.4 is 15.8 Å². The van der Waals surface area contributed by atoms with Crippen LogP contribution in [0.2, 0.25) is 0 Å². The molecule has 2 unspecified atom stereocenters. The number of nitrogens with one attached hydrogen (secondary N) is 1. The van der Waals surface area contributed by atoms with Crippen molar-refractivity contribution in [3.8, 4) is 5.75 Å². The Labute approximate surface area is 116 Å². The molecular weight excluding hydrogens is 236 g/mol. The zero-order valence-corrected chi connectivity index (χ0v) is 12.3. The van der Waals surface area contributed by atoms with Gasteiger partial charge in [0.05, 0.1) is 7.11 Å². The molecule has 1 heterocycles. The van der Waals surface area contributed by atoms with Gasteiger partial charge < -0.3 is 15.8 Å². The Hall–Kier alpha value is -1.06. The summed E-state index contributed by atoms with van der Waals surface area (Å²) in [5.74, 6) is 1.96. The molecule has 0 aromatic heterocycles. The van der Waals surface area contributed by atoms with Crippen LogP contribution in [-0.2, 0) is 0 Å². The highest BCUT2D eigenvalue weighted by molar-refractivity contribution is 5.40. The van der Waals surface area contributed by atoms with Crippen molar-refractivity contribution in [2.45, 2.75) is 38.6 Å². The van der Waals surface area contributed by atoms with E-state index in [-0.39, 0.29) is 6.04 Å². The number of hydrogen-bond donors (Lipinski definition) is 2. The molecule has 1 aliphatic rings. The molecule has 3 N–H and O–H groups in total. The minimum Gasteiger partial charge on any atom is -0.496 e. The predicted molar refractivity (Wildman–Crippen MR) is 79.6 cm³/mol. The van der Waals surface area contributed by atoms with Crippen LogP contribution in [0.1, 0.15) is 49.8 Å². The van der Waals surface area contributed by atoms with Crippen LogP contribution >= 0.6 is 0 Å². The number of benzene rings is 1. The minimum absolute atomic E-state index is 0.121. The van der Waals surface area contributed by atoms with Crippen molar-refractivity contribution in [2.24, 2.45) is 11.7 Å². The van der Waals surface area contributed by atoms with Crippen molar-refractivity contribution < 1.29 is 4.74 Å². The fourth-order valence-electron chi connectivity index (χ4n) is 2.87. The maximum absolute atomic E-state index is 6.45. The van der Waals surface area contributed by atoms with Crippen molar-refractivity contribution in [1.29, 1.82) is 0 Å². The van der Waals surface area contributed by atoms with E-state index in [2.05, 4.69) is 37.4 Å². The van der Waals surface area contributed by atoms with Gasteiger partial charge in [0.25, 0.3) is 0 Å². The predicted octanol–water partition coefficient (Wildman–Crippen LogP) is 2.82. The molecule has 19 heavy (non-hydrogen) atoms. The quantitative estimate of drug-likeness (QED) is 0.877. The van der Waals surface area contributed by atoms with Crippen molar-refractivity contribution in [3.63, 3.8) is 0 Å². The summed E-state index contributed by atoms with van der Waals surface area (Å²) >= 11 is 0. The van der Waals surface area contributed by atoms with Crippen molar-refractivity contribution in [1.82, 2.24) is 5.32 Å². The number of methoxy groups -OCH3 is 1. The molecule has 0 radical (unpaired) electrons. The standard InChI is InChI=1S/C16H26N2O/c1-11(2)14-9-12(6-7-15(14)19-3)16(17)13-5-4-8-18-10-13/h6-7,9,11,13,16,18H,4-5,8,10,17H2,1-3H3. The van der Waals surface area contributed by atoms with Gasteiger partial charge in [-0.2, -0.15) is 0 Å². The Balaban J connectivity index is 2.21. The third kappa shape index (κ3) is 3.28. The van der Waals surface area contributed by atoms with Crippen LogP contribution in [0.3, 0.4) is 0 Å². The minimum atomic E-state index is 0.121. The van der Waals surface area contributed by atoms with Gasteiger partial charge in [-0.05, 0) is 55.0 Å². The average Bonchev–Trinajstić information content (AvgIpc) is 2.46. The summed E-state index contributed by atoms with van der Waals surface area (Å²) in [6.07, 6.45) is 2.45. The van der Waals surface area contributed by atoms with E-state index in [0.29, 0.717) is 11.8 Å². The molecule has 1 aliphatic heterocycles. The monoisotopic (exact) mass is 262 g/mol. The number of ether oxygens (including phenoxy) is 1. The molecular formula is C16H26N2O. The molecule has 3 heteroatoms. The normalized spacial score (nSPS) is 21.4. The van der Waals surface area contributed by atoms with Crippen LogP contribution in [0.15, 0.2) is 18.2 Å². The van der Waals surface area contributed by atoms with Crippen LogP contribution in [0.5, 0.6) is 5.75 Å². The van der Waals surface area contributed by atoms with E-state index in [0.717, 1.165) is 18.8 Å². The molecule has 1 aromatic rings. The van der Waals surface area contributed by atoms with Crippen molar-refractivity contribution >= 4 is 0 Å². The second-order valence-corrected chi connectivity index (χ2v) is 5.79. The van der Waals surface area contributed by atoms with E-state index in [9.17, 15) is 0 Å². The number of rotatable bonds is 4. The number of nitrogens with two attached hydrogens (primary N) is 1. The van der Waals surface area contributed by atoms with Gasteiger partial charge in [0.1, 0.15) is 5.75 Å². The lowest BCUT2D eigenvalue weighted by Gasteiger charge is -2.29. The van der Waals surface area contributed by atoms with E-state index in [1.54, 1.807) is 7.11 Å². The molecule has 2 atom stereocenters. The molecule has 3 nitrogen and oxygen atoms in total. The van der Waals surface area contributed by atoms with Crippen LogP contribution in [0.25, 0.3) is 0 Å². The van der Waals surface area contributed by atoms with Crippen LogP contribution in [0.4, 0.5) is 0 Å². The second kappa shape index (κ2) is 6.40. The first-order valence-electron chi connectivity index (χ1n) is 7.27. The molecule has 0 aliphatic carbocycles. The summed E-state index contributed by atoms with van der Waals surface area (Å²) in [4.78, 5) is 0. The van der Waals surface area contributed by atoms with Crippen molar-refractivity contribution in [2.75, 3.05) is 20.2 Å². The number of hydrogen-bond acceptors (Lipinski definition) is 3. The van der Waals surface area contributed by atoms with Gasteiger partial charge >= 0.3 is 0 Å². The SMILES string of the molecule is COc1ccc(C(N)C2CCCNC2)cc1C(C)C. The van der Waals surface area contributed by atoms with Gasteiger partial charge in [0.15, 0.2) is 0 Å².